The second-order valence-corrected chi connectivity index (χ2v) is 7.87. The van der Waals surface area contributed by atoms with E-state index in [0.717, 1.165) is 15.7 Å². The number of benzene rings is 1. The summed E-state index contributed by atoms with van der Waals surface area (Å²) in [6.45, 7) is 4.22. The van der Waals surface area contributed by atoms with E-state index in [1.807, 2.05) is 24.3 Å². The van der Waals surface area contributed by atoms with E-state index in [9.17, 15) is 8.42 Å². The van der Waals surface area contributed by atoms with Crippen molar-refractivity contribution in [1.82, 2.24) is 0 Å². The number of hydrogen-bond donors (Lipinski definition) is 0. The maximum atomic E-state index is 11.0. The Morgan fingerprint density at radius 1 is 1.14 bits per heavy atom. The molecule has 0 saturated carbocycles. The first-order chi connectivity index (χ1) is 6.38. The van der Waals surface area contributed by atoms with Gasteiger partial charge in [-0.25, -0.2) is 8.42 Å². The minimum Gasteiger partial charge on any atom is -0.217 e. The van der Waals surface area contributed by atoms with Crippen LogP contribution in [0.1, 0.15) is 25.3 Å². The number of rotatable bonds is 3. The topological polar surface area (TPSA) is 34.1 Å². The fraction of sp³-hybridized carbons (Fsp3) is 0.400. The molecule has 0 aliphatic rings. The molecule has 0 aromatic heterocycles. The lowest BCUT2D eigenvalue weighted by Gasteiger charge is -2.05. The molecule has 14 heavy (non-hydrogen) atoms. The molecule has 0 heterocycles. The van der Waals surface area contributed by atoms with Gasteiger partial charge in [0.2, 0.25) is 8.87 Å². The van der Waals surface area contributed by atoms with Crippen molar-refractivity contribution in [1.29, 1.82) is 0 Å². The maximum Gasteiger partial charge on any atom is 0.203 e. The molecular formula is C10H14O2S2. The van der Waals surface area contributed by atoms with Crippen LogP contribution in [0.2, 0.25) is 0 Å². The molecule has 0 aliphatic heterocycles. The van der Waals surface area contributed by atoms with Crippen LogP contribution in [0.15, 0.2) is 29.2 Å². The summed E-state index contributed by atoms with van der Waals surface area (Å²) >= 11 is 0. The van der Waals surface area contributed by atoms with Crippen molar-refractivity contribution in [2.45, 2.75) is 24.7 Å². The van der Waals surface area contributed by atoms with E-state index in [4.69, 9.17) is 0 Å². The Bertz CT molecular complexity index is 391. The van der Waals surface area contributed by atoms with E-state index in [1.54, 1.807) is 0 Å². The fourth-order valence-electron chi connectivity index (χ4n) is 1.08. The van der Waals surface area contributed by atoms with E-state index in [0.29, 0.717) is 5.92 Å². The standard InChI is InChI=1S/C10H14O2S2/c1-8(2)9-4-6-10(7-5-9)13-14(3,11)12/h4-8H,1-3H3. The van der Waals surface area contributed by atoms with Crippen LogP contribution >= 0.6 is 10.8 Å². The zero-order chi connectivity index (χ0) is 10.8. The zero-order valence-electron chi connectivity index (χ0n) is 8.52. The smallest absolute Gasteiger partial charge is 0.203 e. The van der Waals surface area contributed by atoms with Crippen molar-refractivity contribution in [3.8, 4) is 0 Å². The quantitative estimate of drug-likeness (QED) is 0.749. The van der Waals surface area contributed by atoms with Gasteiger partial charge in [-0.2, -0.15) is 0 Å². The summed E-state index contributed by atoms with van der Waals surface area (Å²) in [6.07, 6.45) is 1.22. The lowest BCUT2D eigenvalue weighted by Crippen LogP contribution is -1.89. The van der Waals surface area contributed by atoms with Crippen LogP contribution in [-0.4, -0.2) is 14.7 Å². The zero-order valence-corrected chi connectivity index (χ0v) is 10.2. The van der Waals surface area contributed by atoms with Crippen LogP contribution < -0.4 is 0 Å². The van der Waals surface area contributed by atoms with E-state index < -0.39 is 8.87 Å². The number of hydrogen-bond acceptors (Lipinski definition) is 3. The van der Waals surface area contributed by atoms with Gasteiger partial charge < -0.3 is 0 Å². The van der Waals surface area contributed by atoms with Crippen molar-refractivity contribution in [3.63, 3.8) is 0 Å². The molecule has 0 amide bonds. The second-order valence-electron chi connectivity index (χ2n) is 3.51. The summed E-state index contributed by atoms with van der Waals surface area (Å²) in [5.41, 5.74) is 1.22. The van der Waals surface area contributed by atoms with Crippen molar-refractivity contribution < 1.29 is 8.42 Å². The molecule has 0 aliphatic carbocycles. The Kier molecular flexibility index (Phi) is 3.61. The highest BCUT2D eigenvalue weighted by molar-refractivity contribution is 8.71. The second kappa shape index (κ2) is 4.36. The largest absolute Gasteiger partial charge is 0.217 e. The van der Waals surface area contributed by atoms with Gasteiger partial charge in [-0.05, 0) is 23.6 Å². The van der Waals surface area contributed by atoms with Gasteiger partial charge in [0.05, 0.1) is 0 Å². The minimum absolute atomic E-state index is 0.479. The highest BCUT2D eigenvalue weighted by Crippen LogP contribution is 2.25. The van der Waals surface area contributed by atoms with E-state index in [-0.39, 0.29) is 0 Å². The normalized spacial score (nSPS) is 12.0. The molecule has 4 heteroatoms. The molecule has 1 aromatic rings. The molecule has 0 saturated heterocycles. The molecule has 0 radical (unpaired) electrons. The summed E-state index contributed by atoms with van der Waals surface area (Å²) in [7, 11) is -2.10. The van der Waals surface area contributed by atoms with Crippen LogP contribution in [0, 0.1) is 0 Å². The van der Waals surface area contributed by atoms with Gasteiger partial charge in [0.25, 0.3) is 0 Å². The Morgan fingerprint density at radius 3 is 2.00 bits per heavy atom. The summed E-state index contributed by atoms with van der Waals surface area (Å²) in [4.78, 5) is 0.775. The SMILES string of the molecule is CC(C)c1ccc(SS(C)(=O)=O)cc1. The molecule has 0 N–H and O–H groups in total. The average molecular weight is 230 g/mol. The highest BCUT2D eigenvalue weighted by atomic mass is 33.1. The third kappa shape index (κ3) is 3.72. The lowest BCUT2D eigenvalue weighted by molar-refractivity contribution is 0.615. The van der Waals surface area contributed by atoms with Gasteiger partial charge in [-0.1, -0.05) is 26.0 Å². The van der Waals surface area contributed by atoms with Gasteiger partial charge in [0.15, 0.2) is 0 Å². The van der Waals surface area contributed by atoms with Crippen LogP contribution in [0.3, 0.4) is 0 Å². The summed E-state index contributed by atoms with van der Waals surface area (Å²) in [5, 5.41) is 0. The van der Waals surface area contributed by atoms with Crippen molar-refractivity contribution in [3.05, 3.63) is 29.8 Å². The third-order valence-corrected chi connectivity index (χ3v) is 4.05. The van der Waals surface area contributed by atoms with Crippen LogP contribution in [0.4, 0.5) is 0 Å². The summed E-state index contributed by atoms with van der Waals surface area (Å²) in [5.74, 6) is 0.479. The first-order valence-electron chi connectivity index (χ1n) is 4.38. The third-order valence-electron chi connectivity index (χ3n) is 1.79. The molecular weight excluding hydrogens is 216 g/mol. The Hall–Kier alpha value is -0.480. The van der Waals surface area contributed by atoms with Crippen molar-refractivity contribution in [2.24, 2.45) is 0 Å². The average Bonchev–Trinajstić information content (AvgIpc) is 2.02. The van der Waals surface area contributed by atoms with Gasteiger partial charge in [-0.3, -0.25) is 0 Å². The monoisotopic (exact) mass is 230 g/mol. The molecule has 0 bridgehead atoms. The van der Waals surface area contributed by atoms with E-state index in [2.05, 4.69) is 13.8 Å². The first kappa shape index (κ1) is 11.6. The minimum atomic E-state index is -2.99. The summed E-state index contributed by atoms with van der Waals surface area (Å²) < 4.78 is 22.0. The predicted octanol–water partition coefficient (Wildman–Crippen LogP) is 2.86. The maximum absolute atomic E-state index is 11.0. The Labute approximate surface area is 89.0 Å². The lowest BCUT2D eigenvalue weighted by atomic mass is 10.0. The van der Waals surface area contributed by atoms with Crippen LogP contribution in [-0.2, 0) is 8.87 Å². The molecule has 1 aromatic carbocycles. The predicted molar refractivity (Wildman–Crippen MR) is 61.2 cm³/mol. The van der Waals surface area contributed by atoms with Crippen LogP contribution in [0.25, 0.3) is 0 Å². The van der Waals surface area contributed by atoms with E-state index in [1.165, 1.54) is 11.8 Å². The highest BCUT2D eigenvalue weighted by Gasteiger charge is 2.05. The van der Waals surface area contributed by atoms with Gasteiger partial charge in [-0.15, -0.1) is 0 Å². The molecule has 78 valence electrons. The molecule has 0 fully saturated rings. The van der Waals surface area contributed by atoms with E-state index >= 15 is 0 Å². The van der Waals surface area contributed by atoms with Gasteiger partial charge in [0.1, 0.15) is 0 Å². The Balaban J connectivity index is 2.84. The molecule has 0 atom stereocenters. The van der Waals surface area contributed by atoms with Crippen molar-refractivity contribution >= 4 is 19.7 Å². The molecule has 1 rings (SSSR count). The molecule has 2 nitrogen and oxygen atoms in total. The summed E-state index contributed by atoms with van der Waals surface area (Å²) in [6, 6.07) is 7.64. The molecule has 0 unspecified atom stereocenters. The van der Waals surface area contributed by atoms with Crippen LogP contribution in [0.5, 0.6) is 0 Å². The Morgan fingerprint density at radius 2 is 1.64 bits per heavy atom. The van der Waals surface area contributed by atoms with Gasteiger partial charge >= 0.3 is 0 Å². The van der Waals surface area contributed by atoms with Crippen molar-refractivity contribution in [2.75, 3.05) is 6.26 Å². The first-order valence-corrected chi connectivity index (χ1v) is 7.60. The molecule has 0 spiro atoms. The van der Waals surface area contributed by atoms with Gasteiger partial charge in [0, 0.05) is 21.9 Å². The fourth-order valence-corrected chi connectivity index (χ4v) is 3.06.